The molecule has 1 aliphatic rings. The summed E-state index contributed by atoms with van der Waals surface area (Å²) in [6.45, 7) is 4.09. The van der Waals surface area contributed by atoms with E-state index in [-0.39, 0.29) is 0 Å². The van der Waals surface area contributed by atoms with Crippen LogP contribution in [0, 0.1) is 3.57 Å². The number of halogens is 1. The molecule has 0 fully saturated rings. The molecule has 1 unspecified atom stereocenters. The maximum atomic E-state index is 5.48. The minimum atomic E-state index is 0.308. The highest BCUT2D eigenvalue weighted by molar-refractivity contribution is 14.1. The summed E-state index contributed by atoms with van der Waals surface area (Å²) in [6, 6.07) is 9.07. The molecule has 3 heteroatoms. The quantitative estimate of drug-likeness (QED) is 0.804. The average Bonchev–Trinajstić information content (AvgIpc) is 2.42. The third kappa shape index (κ3) is 3.72. The van der Waals surface area contributed by atoms with Crippen LogP contribution in [0.2, 0.25) is 0 Å². The summed E-state index contributed by atoms with van der Waals surface area (Å²) in [5.74, 6) is 0. The second-order valence-corrected chi connectivity index (χ2v) is 5.85. The van der Waals surface area contributed by atoms with Crippen molar-refractivity contribution in [1.29, 1.82) is 0 Å². The van der Waals surface area contributed by atoms with E-state index >= 15 is 0 Å². The summed E-state index contributed by atoms with van der Waals surface area (Å²) in [6.07, 6.45) is 5.36. The van der Waals surface area contributed by atoms with Crippen LogP contribution in [0.4, 0.5) is 0 Å². The SMILES string of the molecule is CCCNC(C1=COCCC1)c1ccc(I)cc1. The Morgan fingerprint density at radius 3 is 2.72 bits per heavy atom. The van der Waals surface area contributed by atoms with E-state index in [1.807, 2.05) is 6.26 Å². The van der Waals surface area contributed by atoms with Gasteiger partial charge in [-0.3, -0.25) is 0 Å². The van der Waals surface area contributed by atoms with E-state index in [0.717, 1.165) is 32.4 Å². The van der Waals surface area contributed by atoms with Gasteiger partial charge in [0.15, 0.2) is 0 Å². The lowest BCUT2D eigenvalue weighted by Crippen LogP contribution is -2.25. The summed E-state index contributed by atoms with van der Waals surface area (Å²) in [5, 5.41) is 3.62. The highest BCUT2D eigenvalue weighted by Crippen LogP contribution is 2.28. The number of benzene rings is 1. The number of hydrogen-bond acceptors (Lipinski definition) is 2. The van der Waals surface area contributed by atoms with Crippen LogP contribution < -0.4 is 5.32 Å². The van der Waals surface area contributed by atoms with E-state index in [4.69, 9.17) is 4.74 Å². The zero-order chi connectivity index (χ0) is 12.8. The molecule has 1 aliphatic heterocycles. The first kappa shape index (κ1) is 13.9. The summed E-state index contributed by atoms with van der Waals surface area (Å²) in [7, 11) is 0. The zero-order valence-electron chi connectivity index (χ0n) is 10.8. The van der Waals surface area contributed by atoms with Gasteiger partial charge in [0.2, 0.25) is 0 Å². The Hall–Kier alpha value is -0.550. The molecule has 0 spiro atoms. The predicted octanol–water partition coefficient (Wildman–Crippen LogP) is 4.03. The number of ether oxygens (including phenoxy) is 1. The lowest BCUT2D eigenvalue weighted by atomic mass is 9.95. The second kappa shape index (κ2) is 7.14. The molecule has 2 rings (SSSR count). The largest absolute Gasteiger partial charge is 0.501 e. The fourth-order valence-electron chi connectivity index (χ4n) is 2.20. The summed E-state index contributed by atoms with van der Waals surface area (Å²) in [4.78, 5) is 0. The lowest BCUT2D eigenvalue weighted by molar-refractivity contribution is 0.219. The molecular formula is C15H20INO. The first-order chi connectivity index (χ1) is 8.81. The van der Waals surface area contributed by atoms with Crippen molar-refractivity contribution >= 4 is 22.6 Å². The highest BCUT2D eigenvalue weighted by atomic mass is 127. The minimum Gasteiger partial charge on any atom is -0.501 e. The molecule has 1 atom stereocenters. The second-order valence-electron chi connectivity index (χ2n) is 4.61. The molecule has 0 saturated heterocycles. The van der Waals surface area contributed by atoms with E-state index in [1.165, 1.54) is 14.7 Å². The number of rotatable bonds is 5. The monoisotopic (exact) mass is 357 g/mol. The topological polar surface area (TPSA) is 21.3 Å². The van der Waals surface area contributed by atoms with Gasteiger partial charge in [0.25, 0.3) is 0 Å². The highest BCUT2D eigenvalue weighted by Gasteiger charge is 2.18. The Labute approximate surface area is 123 Å². The molecule has 18 heavy (non-hydrogen) atoms. The smallest absolute Gasteiger partial charge is 0.0876 e. The Balaban J connectivity index is 2.18. The van der Waals surface area contributed by atoms with Crippen molar-refractivity contribution < 1.29 is 4.74 Å². The summed E-state index contributed by atoms with van der Waals surface area (Å²) >= 11 is 2.34. The van der Waals surface area contributed by atoms with Crippen molar-refractivity contribution in [2.24, 2.45) is 0 Å². The average molecular weight is 357 g/mol. The van der Waals surface area contributed by atoms with Crippen LogP contribution >= 0.6 is 22.6 Å². The normalized spacial score (nSPS) is 16.9. The van der Waals surface area contributed by atoms with Gasteiger partial charge in [-0.1, -0.05) is 19.1 Å². The van der Waals surface area contributed by atoms with Crippen LogP contribution in [0.15, 0.2) is 36.1 Å². The van der Waals surface area contributed by atoms with Gasteiger partial charge in [-0.2, -0.15) is 0 Å². The molecule has 0 radical (unpaired) electrons. The van der Waals surface area contributed by atoms with E-state index in [9.17, 15) is 0 Å². The Morgan fingerprint density at radius 1 is 1.33 bits per heavy atom. The van der Waals surface area contributed by atoms with Crippen LogP contribution in [0.25, 0.3) is 0 Å². The molecule has 0 aliphatic carbocycles. The van der Waals surface area contributed by atoms with Crippen LogP contribution in [0.1, 0.15) is 37.8 Å². The minimum absolute atomic E-state index is 0.308. The maximum absolute atomic E-state index is 5.48. The molecule has 0 saturated carbocycles. The third-order valence-electron chi connectivity index (χ3n) is 3.13. The Morgan fingerprint density at radius 2 is 2.11 bits per heavy atom. The van der Waals surface area contributed by atoms with E-state index < -0.39 is 0 Å². The van der Waals surface area contributed by atoms with E-state index in [1.54, 1.807) is 0 Å². The fourth-order valence-corrected chi connectivity index (χ4v) is 2.56. The summed E-state index contributed by atoms with van der Waals surface area (Å²) in [5.41, 5.74) is 2.71. The van der Waals surface area contributed by atoms with Crippen molar-refractivity contribution in [3.8, 4) is 0 Å². The molecule has 2 nitrogen and oxygen atoms in total. The van der Waals surface area contributed by atoms with E-state index in [2.05, 4.69) is 59.1 Å². The first-order valence-corrected chi connectivity index (χ1v) is 7.68. The van der Waals surface area contributed by atoms with Crippen molar-refractivity contribution in [3.63, 3.8) is 0 Å². The van der Waals surface area contributed by atoms with Gasteiger partial charge < -0.3 is 10.1 Å². The Kier molecular flexibility index (Phi) is 5.50. The van der Waals surface area contributed by atoms with Gasteiger partial charge in [0, 0.05) is 3.57 Å². The molecule has 1 N–H and O–H groups in total. The van der Waals surface area contributed by atoms with Gasteiger partial charge in [0.1, 0.15) is 0 Å². The van der Waals surface area contributed by atoms with Gasteiger partial charge in [-0.05, 0) is 71.7 Å². The maximum Gasteiger partial charge on any atom is 0.0876 e. The van der Waals surface area contributed by atoms with Gasteiger partial charge in [-0.25, -0.2) is 0 Å². The van der Waals surface area contributed by atoms with Gasteiger partial charge in [-0.15, -0.1) is 0 Å². The molecule has 98 valence electrons. The van der Waals surface area contributed by atoms with Crippen molar-refractivity contribution in [2.45, 2.75) is 32.2 Å². The molecule has 0 amide bonds. The van der Waals surface area contributed by atoms with Crippen LogP contribution in [0.3, 0.4) is 0 Å². The predicted molar refractivity (Wildman–Crippen MR) is 83.5 cm³/mol. The van der Waals surface area contributed by atoms with Crippen molar-refractivity contribution in [2.75, 3.05) is 13.2 Å². The van der Waals surface area contributed by atoms with Crippen LogP contribution in [0.5, 0.6) is 0 Å². The molecular weight excluding hydrogens is 337 g/mol. The zero-order valence-corrected chi connectivity index (χ0v) is 12.9. The third-order valence-corrected chi connectivity index (χ3v) is 3.85. The molecule has 1 heterocycles. The number of nitrogens with one attached hydrogen (secondary N) is 1. The van der Waals surface area contributed by atoms with Crippen molar-refractivity contribution in [1.82, 2.24) is 5.32 Å². The Bertz CT molecular complexity index is 399. The fraction of sp³-hybridized carbons (Fsp3) is 0.467. The molecule has 1 aromatic rings. The van der Waals surface area contributed by atoms with Crippen LogP contribution in [-0.2, 0) is 4.74 Å². The van der Waals surface area contributed by atoms with E-state index in [0.29, 0.717) is 6.04 Å². The van der Waals surface area contributed by atoms with Gasteiger partial charge in [0.05, 0.1) is 18.9 Å². The molecule has 0 aromatic heterocycles. The summed E-state index contributed by atoms with van der Waals surface area (Å²) < 4.78 is 6.76. The molecule has 1 aromatic carbocycles. The van der Waals surface area contributed by atoms with Crippen molar-refractivity contribution in [3.05, 3.63) is 45.2 Å². The molecule has 0 bridgehead atoms. The first-order valence-electron chi connectivity index (χ1n) is 6.60. The standard InChI is InChI=1S/C15H20INO/c1-2-9-17-15(13-4-3-10-18-11-13)12-5-7-14(16)8-6-12/h5-8,11,15,17H,2-4,9-10H2,1H3. The lowest BCUT2D eigenvalue weighted by Gasteiger charge is -2.24. The van der Waals surface area contributed by atoms with Crippen LogP contribution in [-0.4, -0.2) is 13.2 Å². The van der Waals surface area contributed by atoms with Gasteiger partial charge >= 0.3 is 0 Å². The number of hydrogen-bond donors (Lipinski definition) is 1.